The summed E-state index contributed by atoms with van der Waals surface area (Å²) in [7, 11) is -3.92. The molecule has 1 N–H and O–H groups in total. The number of thioether (sulfide) groups is 1. The molecule has 0 saturated carbocycles. The molecule has 1 aromatic carbocycles. The lowest BCUT2D eigenvalue weighted by atomic mass is 10.1. The van der Waals surface area contributed by atoms with Crippen LogP contribution < -0.4 is 5.32 Å². The van der Waals surface area contributed by atoms with Gasteiger partial charge in [0.15, 0.2) is 9.84 Å². The van der Waals surface area contributed by atoms with Crippen molar-refractivity contribution in [3.05, 3.63) is 48.2 Å². The predicted molar refractivity (Wildman–Crippen MR) is 111 cm³/mol. The fourth-order valence-electron chi connectivity index (χ4n) is 2.99. The second kappa shape index (κ2) is 10.0. The number of amides is 1. The van der Waals surface area contributed by atoms with Crippen molar-refractivity contribution >= 4 is 33.2 Å². The SMILES string of the molecule is O=C(Nc1cccnc1SCCS(=O)(=O)c1cccc(C(F)(F)F)c1)C1CCCCO1. The monoisotopic (exact) mass is 474 g/mol. The summed E-state index contributed by atoms with van der Waals surface area (Å²) in [5.41, 5.74) is -0.580. The van der Waals surface area contributed by atoms with Crippen LogP contribution in [0, 0.1) is 0 Å². The molecular weight excluding hydrogens is 453 g/mol. The van der Waals surface area contributed by atoms with E-state index < -0.39 is 27.7 Å². The predicted octanol–water partition coefficient (Wildman–Crippen LogP) is 4.17. The highest BCUT2D eigenvalue weighted by Gasteiger charge is 2.31. The zero-order valence-electron chi connectivity index (χ0n) is 16.4. The summed E-state index contributed by atoms with van der Waals surface area (Å²) < 4.78 is 69.0. The van der Waals surface area contributed by atoms with Crippen molar-refractivity contribution in [3.63, 3.8) is 0 Å². The molecule has 1 saturated heterocycles. The van der Waals surface area contributed by atoms with Crippen LogP contribution in [0.5, 0.6) is 0 Å². The number of hydrogen-bond donors (Lipinski definition) is 1. The Labute approximate surface area is 182 Å². The fourth-order valence-corrected chi connectivity index (χ4v) is 5.64. The average molecular weight is 475 g/mol. The third kappa shape index (κ3) is 6.44. The zero-order valence-corrected chi connectivity index (χ0v) is 18.0. The standard InChI is InChI=1S/C20H21F3N2O4S2/c21-20(22,23)14-5-3-6-15(13-14)31(27,28)12-11-30-19-16(7-4-9-24-19)25-18(26)17-8-1-2-10-29-17/h3-7,9,13,17H,1-2,8,10-12H2,(H,25,26). The molecule has 1 unspecified atom stereocenters. The number of nitrogens with one attached hydrogen (secondary N) is 1. The Morgan fingerprint density at radius 3 is 2.74 bits per heavy atom. The molecule has 168 valence electrons. The molecule has 1 amide bonds. The van der Waals surface area contributed by atoms with E-state index >= 15 is 0 Å². The Morgan fingerprint density at radius 1 is 1.23 bits per heavy atom. The van der Waals surface area contributed by atoms with Crippen LogP contribution in [-0.2, 0) is 25.5 Å². The lowest BCUT2D eigenvalue weighted by Gasteiger charge is -2.22. The number of anilines is 1. The van der Waals surface area contributed by atoms with Crippen LogP contribution >= 0.6 is 11.8 Å². The molecule has 31 heavy (non-hydrogen) atoms. The quantitative estimate of drug-likeness (QED) is 0.606. The second-order valence-electron chi connectivity index (χ2n) is 6.89. The summed E-state index contributed by atoms with van der Waals surface area (Å²) >= 11 is 1.10. The zero-order chi connectivity index (χ0) is 22.5. The number of hydrogen-bond acceptors (Lipinski definition) is 6. The molecule has 1 aliphatic rings. The molecule has 1 fully saturated rings. The minimum absolute atomic E-state index is 0.0540. The number of sulfone groups is 1. The molecule has 6 nitrogen and oxygen atoms in total. The molecule has 2 aromatic rings. The van der Waals surface area contributed by atoms with E-state index in [2.05, 4.69) is 10.3 Å². The van der Waals surface area contributed by atoms with Crippen molar-refractivity contribution in [1.29, 1.82) is 0 Å². The average Bonchev–Trinajstić information content (AvgIpc) is 2.75. The Hall–Kier alpha value is -2.11. The third-order valence-corrected chi connectivity index (χ3v) is 7.59. The van der Waals surface area contributed by atoms with Gasteiger partial charge in [0, 0.05) is 18.6 Å². The molecule has 2 heterocycles. The lowest BCUT2D eigenvalue weighted by Crippen LogP contribution is -2.33. The van der Waals surface area contributed by atoms with Gasteiger partial charge in [-0.3, -0.25) is 4.79 Å². The largest absolute Gasteiger partial charge is 0.416 e. The van der Waals surface area contributed by atoms with E-state index in [1.165, 1.54) is 6.20 Å². The van der Waals surface area contributed by atoms with Crippen molar-refractivity contribution in [3.8, 4) is 0 Å². The molecule has 0 radical (unpaired) electrons. The molecule has 1 aliphatic heterocycles. The maximum absolute atomic E-state index is 12.9. The van der Waals surface area contributed by atoms with Crippen molar-refractivity contribution < 1.29 is 31.1 Å². The normalized spacial score (nSPS) is 17.3. The Balaban J connectivity index is 1.63. The highest BCUT2D eigenvalue weighted by molar-refractivity contribution is 8.00. The Morgan fingerprint density at radius 2 is 2.03 bits per heavy atom. The van der Waals surface area contributed by atoms with E-state index in [0.717, 1.165) is 42.8 Å². The lowest BCUT2D eigenvalue weighted by molar-refractivity contribution is -0.137. The van der Waals surface area contributed by atoms with Gasteiger partial charge in [0.25, 0.3) is 5.91 Å². The van der Waals surface area contributed by atoms with Gasteiger partial charge < -0.3 is 10.1 Å². The molecular formula is C20H21F3N2O4S2. The topological polar surface area (TPSA) is 85.4 Å². The first-order valence-corrected chi connectivity index (χ1v) is 12.2. The Kier molecular flexibility index (Phi) is 7.60. The van der Waals surface area contributed by atoms with E-state index in [9.17, 15) is 26.4 Å². The molecule has 0 spiro atoms. The van der Waals surface area contributed by atoms with Gasteiger partial charge in [0.2, 0.25) is 0 Å². The van der Waals surface area contributed by atoms with Gasteiger partial charge >= 0.3 is 6.18 Å². The summed E-state index contributed by atoms with van der Waals surface area (Å²) in [6, 6.07) is 6.97. The first kappa shape index (κ1) is 23.6. The molecule has 1 aromatic heterocycles. The number of benzene rings is 1. The highest BCUT2D eigenvalue weighted by atomic mass is 32.2. The molecule has 3 rings (SSSR count). The van der Waals surface area contributed by atoms with E-state index in [1.807, 2.05) is 0 Å². The van der Waals surface area contributed by atoms with Crippen LogP contribution in [-0.4, -0.2) is 43.5 Å². The number of halogens is 3. The van der Waals surface area contributed by atoms with Gasteiger partial charge in [0.1, 0.15) is 11.1 Å². The number of ether oxygens (including phenoxy) is 1. The van der Waals surface area contributed by atoms with Gasteiger partial charge in [0.05, 0.1) is 21.9 Å². The first-order chi connectivity index (χ1) is 14.7. The van der Waals surface area contributed by atoms with Crippen molar-refractivity contribution in [2.24, 2.45) is 0 Å². The van der Waals surface area contributed by atoms with E-state index in [4.69, 9.17) is 4.74 Å². The van der Waals surface area contributed by atoms with Crippen LogP contribution in [0.3, 0.4) is 0 Å². The second-order valence-corrected chi connectivity index (χ2v) is 10.1. The maximum Gasteiger partial charge on any atom is 0.416 e. The van der Waals surface area contributed by atoms with E-state index in [0.29, 0.717) is 29.8 Å². The van der Waals surface area contributed by atoms with Gasteiger partial charge in [-0.25, -0.2) is 13.4 Å². The number of carbonyl (C=O) groups excluding carboxylic acids is 1. The number of aromatic nitrogens is 1. The Bertz CT molecular complexity index is 1020. The number of pyridine rings is 1. The summed E-state index contributed by atoms with van der Waals surface area (Å²) in [5.74, 6) is -0.612. The minimum atomic E-state index is -4.62. The molecule has 11 heteroatoms. The summed E-state index contributed by atoms with van der Waals surface area (Å²) in [5, 5.41) is 3.18. The van der Waals surface area contributed by atoms with E-state index in [1.54, 1.807) is 12.1 Å². The van der Waals surface area contributed by atoms with Gasteiger partial charge in [-0.15, -0.1) is 11.8 Å². The highest BCUT2D eigenvalue weighted by Crippen LogP contribution is 2.31. The van der Waals surface area contributed by atoms with Gasteiger partial charge in [-0.2, -0.15) is 13.2 Å². The van der Waals surface area contributed by atoms with Crippen molar-refractivity contribution in [2.45, 2.75) is 41.5 Å². The smallest absolute Gasteiger partial charge is 0.368 e. The van der Waals surface area contributed by atoms with Crippen LogP contribution in [0.1, 0.15) is 24.8 Å². The minimum Gasteiger partial charge on any atom is -0.368 e. The fraction of sp³-hybridized carbons (Fsp3) is 0.400. The summed E-state index contributed by atoms with van der Waals surface area (Å²) in [4.78, 5) is 16.2. The molecule has 0 aliphatic carbocycles. The van der Waals surface area contributed by atoms with Crippen molar-refractivity contribution in [2.75, 3.05) is 23.4 Å². The maximum atomic E-state index is 12.9. The van der Waals surface area contributed by atoms with Crippen LogP contribution in [0.2, 0.25) is 0 Å². The number of alkyl halides is 3. The third-order valence-electron chi connectivity index (χ3n) is 4.61. The van der Waals surface area contributed by atoms with Crippen LogP contribution in [0.25, 0.3) is 0 Å². The van der Waals surface area contributed by atoms with Crippen LogP contribution in [0.4, 0.5) is 18.9 Å². The number of nitrogens with zero attached hydrogens (tertiary/aromatic N) is 1. The van der Waals surface area contributed by atoms with Gasteiger partial charge in [-0.1, -0.05) is 6.07 Å². The van der Waals surface area contributed by atoms with E-state index in [-0.39, 0.29) is 22.3 Å². The number of rotatable bonds is 7. The summed E-state index contributed by atoms with van der Waals surface area (Å²) in [6.45, 7) is 0.528. The van der Waals surface area contributed by atoms with Crippen LogP contribution in [0.15, 0.2) is 52.5 Å². The molecule has 1 atom stereocenters. The summed E-state index contributed by atoms with van der Waals surface area (Å²) in [6.07, 6.45) is -1.20. The van der Waals surface area contributed by atoms with Crippen molar-refractivity contribution in [1.82, 2.24) is 4.98 Å². The molecule has 0 bridgehead atoms. The van der Waals surface area contributed by atoms with Gasteiger partial charge in [-0.05, 0) is 49.6 Å². The first-order valence-electron chi connectivity index (χ1n) is 9.57. The number of carbonyl (C=O) groups is 1.